The molecule has 3 rings (SSSR count). The van der Waals surface area contributed by atoms with Crippen LogP contribution in [0.1, 0.15) is 17.4 Å². The summed E-state index contributed by atoms with van der Waals surface area (Å²) in [6.07, 6.45) is 1.20. The number of aromatic nitrogens is 3. The highest BCUT2D eigenvalue weighted by molar-refractivity contribution is 7.13. The van der Waals surface area contributed by atoms with Crippen molar-refractivity contribution >= 4 is 39.3 Å². The van der Waals surface area contributed by atoms with E-state index in [1.54, 1.807) is 24.3 Å². The molecule has 0 spiro atoms. The highest BCUT2D eigenvalue weighted by atomic mass is 32.1. The van der Waals surface area contributed by atoms with Crippen molar-refractivity contribution in [2.24, 2.45) is 5.73 Å². The molecule has 1 aromatic carbocycles. The Bertz CT molecular complexity index is 1030. The number of carbonyl (C=O) groups is 2. The van der Waals surface area contributed by atoms with Crippen molar-refractivity contribution in [1.82, 2.24) is 13.9 Å². The molecule has 0 unspecified atom stereocenters. The van der Waals surface area contributed by atoms with E-state index in [0.29, 0.717) is 18.0 Å². The standard InChI is InChI=1S/C16H15N5O4S/c1-2-25-10-5-3-9(4-6-10)19-11(22)7-21-8-18-12-13(15(17)23)20-26-14(12)16(21)24/h3-6,8H,2,7H2,1H3,(H2,17,23)(H,19,22). The maximum atomic E-state index is 12.4. The van der Waals surface area contributed by atoms with Crippen molar-refractivity contribution in [3.05, 3.63) is 46.6 Å². The first-order valence-corrected chi connectivity index (χ1v) is 8.44. The minimum Gasteiger partial charge on any atom is -0.494 e. The van der Waals surface area contributed by atoms with Crippen LogP contribution in [0.2, 0.25) is 0 Å². The van der Waals surface area contributed by atoms with E-state index in [9.17, 15) is 14.4 Å². The zero-order chi connectivity index (χ0) is 18.7. The molecule has 0 aliphatic rings. The second kappa shape index (κ2) is 7.31. The predicted octanol–water partition coefficient (Wildman–Crippen LogP) is 0.989. The van der Waals surface area contributed by atoms with Gasteiger partial charge in [0, 0.05) is 5.69 Å². The lowest BCUT2D eigenvalue weighted by molar-refractivity contribution is -0.116. The lowest BCUT2D eigenvalue weighted by Gasteiger charge is -2.08. The van der Waals surface area contributed by atoms with Crippen LogP contribution in [0.25, 0.3) is 10.2 Å². The molecule has 0 radical (unpaired) electrons. The summed E-state index contributed by atoms with van der Waals surface area (Å²) in [4.78, 5) is 39.9. The number of carbonyl (C=O) groups excluding carboxylic acids is 2. The molecular formula is C16H15N5O4S. The fourth-order valence-electron chi connectivity index (χ4n) is 2.29. The van der Waals surface area contributed by atoms with Gasteiger partial charge in [0.2, 0.25) is 5.91 Å². The number of hydrogen-bond acceptors (Lipinski definition) is 7. The molecule has 26 heavy (non-hydrogen) atoms. The highest BCUT2D eigenvalue weighted by Crippen LogP contribution is 2.17. The Morgan fingerprint density at radius 2 is 2.04 bits per heavy atom. The van der Waals surface area contributed by atoms with Crippen LogP contribution in [0.4, 0.5) is 5.69 Å². The number of amides is 2. The summed E-state index contributed by atoms with van der Waals surface area (Å²) in [6.45, 7) is 2.21. The van der Waals surface area contributed by atoms with Crippen LogP contribution in [-0.2, 0) is 11.3 Å². The summed E-state index contributed by atoms with van der Waals surface area (Å²) in [6, 6.07) is 6.88. The lowest BCUT2D eigenvalue weighted by atomic mass is 10.3. The third kappa shape index (κ3) is 3.54. The molecule has 0 aliphatic heterocycles. The van der Waals surface area contributed by atoms with Crippen LogP contribution >= 0.6 is 11.5 Å². The van der Waals surface area contributed by atoms with Gasteiger partial charge in [-0.15, -0.1) is 0 Å². The minimum absolute atomic E-state index is 0.0481. The van der Waals surface area contributed by atoms with Gasteiger partial charge in [0.25, 0.3) is 11.5 Å². The van der Waals surface area contributed by atoms with Crippen LogP contribution in [-0.4, -0.2) is 32.3 Å². The first-order chi connectivity index (χ1) is 12.5. The van der Waals surface area contributed by atoms with Crippen LogP contribution in [0.5, 0.6) is 5.75 Å². The van der Waals surface area contributed by atoms with E-state index in [1.165, 1.54) is 6.33 Å². The minimum atomic E-state index is -0.755. The monoisotopic (exact) mass is 373 g/mol. The number of nitrogens with zero attached hydrogens (tertiary/aromatic N) is 3. The summed E-state index contributed by atoms with van der Waals surface area (Å²) < 4.78 is 10.5. The molecule has 0 aliphatic carbocycles. The molecule has 0 bridgehead atoms. The second-order valence-electron chi connectivity index (χ2n) is 5.26. The smallest absolute Gasteiger partial charge is 0.273 e. The van der Waals surface area contributed by atoms with Gasteiger partial charge in [0.1, 0.15) is 22.5 Å². The summed E-state index contributed by atoms with van der Waals surface area (Å²) in [5, 5.41) is 2.69. The number of anilines is 1. The maximum Gasteiger partial charge on any atom is 0.273 e. The third-order valence-electron chi connectivity index (χ3n) is 3.45. The Kier molecular flexibility index (Phi) is 4.94. The van der Waals surface area contributed by atoms with Gasteiger partial charge >= 0.3 is 0 Å². The number of rotatable bonds is 6. The lowest BCUT2D eigenvalue weighted by Crippen LogP contribution is -2.27. The van der Waals surface area contributed by atoms with Crippen molar-refractivity contribution in [2.75, 3.05) is 11.9 Å². The molecule has 0 atom stereocenters. The molecule has 3 N–H and O–H groups in total. The molecule has 2 aromatic heterocycles. The maximum absolute atomic E-state index is 12.4. The van der Waals surface area contributed by atoms with Gasteiger partial charge in [-0.25, -0.2) is 4.98 Å². The highest BCUT2D eigenvalue weighted by Gasteiger charge is 2.17. The molecule has 0 saturated heterocycles. The van der Waals surface area contributed by atoms with Gasteiger partial charge in [-0.2, -0.15) is 4.37 Å². The van der Waals surface area contributed by atoms with Crippen LogP contribution in [0.15, 0.2) is 35.4 Å². The predicted molar refractivity (Wildman–Crippen MR) is 96.4 cm³/mol. The SMILES string of the molecule is CCOc1ccc(NC(=O)Cn2cnc3c(C(N)=O)nsc3c2=O)cc1. The summed E-state index contributed by atoms with van der Waals surface area (Å²) >= 11 is 0.828. The topological polar surface area (TPSA) is 129 Å². The van der Waals surface area contributed by atoms with Crippen LogP contribution in [0, 0.1) is 0 Å². The van der Waals surface area contributed by atoms with Gasteiger partial charge in [0.15, 0.2) is 5.69 Å². The van der Waals surface area contributed by atoms with Gasteiger partial charge in [0.05, 0.1) is 12.9 Å². The second-order valence-corrected chi connectivity index (χ2v) is 6.03. The van der Waals surface area contributed by atoms with Crippen molar-refractivity contribution in [1.29, 1.82) is 0 Å². The van der Waals surface area contributed by atoms with E-state index in [4.69, 9.17) is 10.5 Å². The van der Waals surface area contributed by atoms with E-state index >= 15 is 0 Å². The van der Waals surface area contributed by atoms with Gasteiger partial charge < -0.3 is 15.8 Å². The Morgan fingerprint density at radius 1 is 1.31 bits per heavy atom. The van der Waals surface area contributed by atoms with E-state index in [0.717, 1.165) is 16.1 Å². The Morgan fingerprint density at radius 3 is 2.69 bits per heavy atom. The quantitative estimate of drug-likeness (QED) is 0.663. The third-order valence-corrected chi connectivity index (χ3v) is 4.27. The molecule has 2 amide bonds. The average molecular weight is 373 g/mol. The Balaban J connectivity index is 1.76. The summed E-state index contributed by atoms with van der Waals surface area (Å²) in [5.41, 5.74) is 5.41. The summed E-state index contributed by atoms with van der Waals surface area (Å²) in [7, 11) is 0. The number of hydrogen-bond donors (Lipinski definition) is 2. The average Bonchev–Trinajstić information content (AvgIpc) is 3.04. The van der Waals surface area contributed by atoms with Gasteiger partial charge in [-0.1, -0.05) is 0 Å². The molecule has 9 nitrogen and oxygen atoms in total. The molecule has 3 aromatic rings. The van der Waals surface area contributed by atoms with Crippen molar-refractivity contribution in [3.63, 3.8) is 0 Å². The molecule has 10 heteroatoms. The molecule has 134 valence electrons. The fourth-order valence-corrected chi connectivity index (χ4v) is 3.08. The molecule has 0 fully saturated rings. The van der Waals surface area contributed by atoms with Crippen LogP contribution < -0.4 is 21.3 Å². The molecule has 2 heterocycles. The van der Waals surface area contributed by atoms with E-state index in [2.05, 4.69) is 14.7 Å². The number of benzene rings is 1. The number of ether oxygens (including phenoxy) is 1. The van der Waals surface area contributed by atoms with Gasteiger partial charge in [-0.3, -0.25) is 19.0 Å². The number of nitrogens with two attached hydrogens (primary N) is 1. The Hall–Kier alpha value is -3.27. The van der Waals surface area contributed by atoms with E-state index < -0.39 is 17.4 Å². The van der Waals surface area contributed by atoms with Crippen molar-refractivity contribution in [2.45, 2.75) is 13.5 Å². The first kappa shape index (κ1) is 17.5. The zero-order valence-corrected chi connectivity index (χ0v) is 14.6. The van der Waals surface area contributed by atoms with E-state index in [1.807, 2.05) is 6.92 Å². The number of fused-ring (bicyclic) bond motifs is 1. The largest absolute Gasteiger partial charge is 0.494 e. The Labute approximate surface area is 151 Å². The van der Waals surface area contributed by atoms with Crippen molar-refractivity contribution in [3.8, 4) is 5.75 Å². The molecular weight excluding hydrogens is 358 g/mol. The first-order valence-electron chi connectivity index (χ1n) is 7.67. The fraction of sp³-hybridized carbons (Fsp3) is 0.188. The normalized spacial score (nSPS) is 10.7. The zero-order valence-electron chi connectivity index (χ0n) is 13.8. The van der Waals surface area contributed by atoms with Gasteiger partial charge in [-0.05, 0) is 42.7 Å². The van der Waals surface area contributed by atoms with E-state index in [-0.39, 0.29) is 22.5 Å². The van der Waals surface area contributed by atoms with Crippen LogP contribution in [0.3, 0.4) is 0 Å². The number of primary amides is 1. The number of nitrogens with one attached hydrogen (secondary N) is 1. The molecule has 0 saturated carbocycles. The summed E-state index contributed by atoms with van der Waals surface area (Å²) in [5.74, 6) is -0.446. The van der Waals surface area contributed by atoms with Crippen molar-refractivity contribution < 1.29 is 14.3 Å².